The van der Waals surface area contributed by atoms with Crippen molar-refractivity contribution in [1.29, 1.82) is 0 Å². The first-order chi connectivity index (χ1) is 9.41. The summed E-state index contributed by atoms with van der Waals surface area (Å²) in [6.07, 6.45) is 0. The summed E-state index contributed by atoms with van der Waals surface area (Å²) < 4.78 is 0. The zero-order valence-electron chi connectivity index (χ0n) is 13.2. The second-order valence-corrected chi connectivity index (χ2v) is 6.41. The van der Waals surface area contributed by atoms with E-state index < -0.39 is 0 Å². The lowest BCUT2D eigenvalue weighted by atomic mass is 9.84. The fraction of sp³-hybridized carbons (Fsp3) is 0.368. The van der Waals surface area contributed by atoms with Crippen LogP contribution in [0.1, 0.15) is 40.2 Å². The lowest BCUT2D eigenvalue weighted by molar-refractivity contribution is 0.590. The molecule has 2 aromatic carbocycles. The zero-order chi connectivity index (χ0) is 14.8. The van der Waals surface area contributed by atoms with Crippen LogP contribution in [0.3, 0.4) is 0 Å². The van der Waals surface area contributed by atoms with Crippen molar-refractivity contribution in [2.24, 2.45) is 0 Å². The van der Waals surface area contributed by atoms with Gasteiger partial charge in [0, 0.05) is 19.2 Å². The van der Waals surface area contributed by atoms with Crippen LogP contribution in [0.5, 0.6) is 0 Å². The van der Waals surface area contributed by atoms with Gasteiger partial charge in [-0.05, 0) is 36.5 Å². The number of hydrogen-bond donors (Lipinski definition) is 1. The lowest BCUT2D eigenvalue weighted by Gasteiger charge is -2.21. The van der Waals surface area contributed by atoms with E-state index in [1.54, 1.807) is 0 Å². The van der Waals surface area contributed by atoms with Gasteiger partial charge in [-0.15, -0.1) is 0 Å². The molecule has 1 heteroatoms. The first-order valence-electron chi connectivity index (χ1n) is 7.37. The molecule has 0 heterocycles. The van der Waals surface area contributed by atoms with Crippen LogP contribution >= 0.6 is 0 Å². The highest BCUT2D eigenvalue weighted by atomic mass is 14.9. The van der Waals surface area contributed by atoms with Gasteiger partial charge in [-0.1, -0.05) is 62.7 Å². The summed E-state index contributed by atoms with van der Waals surface area (Å²) >= 11 is 0. The minimum absolute atomic E-state index is 0. The molecule has 2 rings (SSSR count). The molecule has 0 atom stereocenters. The van der Waals surface area contributed by atoms with E-state index in [2.05, 4.69) is 82.4 Å². The summed E-state index contributed by atoms with van der Waals surface area (Å²) in [7, 11) is 0. The molecule has 0 aliphatic heterocycles. The average Bonchev–Trinajstić information content (AvgIpc) is 2.38. The maximum Gasteiger partial charge on any atom is 0.0419 e. The number of nitrogens with one attached hydrogen (secondary N) is 1. The third-order valence-electron chi connectivity index (χ3n) is 3.55. The van der Waals surface area contributed by atoms with Crippen LogP contribution in [0.4, 0.5) is 5.69 Å². The minimum atomic E-state index is 0. The van der Waals surface area contributed by atoms with E-state index in [9.17, 15) is 0 Å². The maximum absolute atomic E-state index is 3.45. The molecular weight excluding hydrogens is 242 g/mol. The fourth-order valence-corrected chi connectivity index (χ4v) is 2.45. The molecule has 0 saturated heterocycles. The van der Waals surface area contributed by atoms with Gasteiger partial charge in [0.2, 0.25) is 0 Å². The Labute approximate surface area is 124 Å². The summed E-state index contributed by atoms with van der Waals surface area (Å²) in [6, 6.07) is 15.4. The first-order valence-corrected chi connectivity index (χ1v) is 7.37. The van der Waals surface area contributed by atoms with E-state index in [0.29, 0.717) is 0 Å². The molecule has 1 nitrogen and oxygen atoms in total. The van der Waals surface area contributed by atoms with Gasteiger partial charge < -0.3 is 5.32 Å². The highest BCUT2D eigenvalue weighted by molar-refractivity contribution is 5.78. The molecule has 0 bridgehead atoms. The van der Waals surface area contributed by atoms with Crippen LogP contribution in [-0.4, -0.2) is 6.54 Å². The molecule has 0 aliphatic rings. The third-order valence-corrected chi connectivity index (χ3v) is 3.55. The number of rotatable bonds is 3. The topological polar surface area (TPSA) is 12.0 Å². The van der Waals surface area contributed by atoms with E-state index in [4.69, 9.17) is 0 Å². The van der Waals surface area contributed by atoms with Gasteiger partial charge in [0.05, 0.1) is 0 Å². The Balaban J connectivity index is 0.00000220. The molecule has 0 aliphatic carbocycles. The Morgan fingerprint density at radius 1 is 1.05 bits per heavy atom. The Kier molecular flexibility index (Phi) is 4.17. The van der Waals surface area contributed by atoms with Crippen molar-refractivity contribution in [2.75, 3.05) is 11.9 Å². The average molecular weight is 269 g/mol. The highest BCUT2D eigenvalue weighted by Gasteiger charge is 2.15. The lowest BCUT2D eigenvalue weighted by Crippen LogP contribution is -2.11. The zero-order valence-corrected chi connectivity index (χ0v) is 13.2. The molecule has 1 N–H and O–H groups in total. The van der Waals surface area contributed by atoms with Gasteiger partial charge in [-0.25, -0.2) is 0 Å². The van der Waals surface area contributed by atoms with Crippen molar-refractivity contribution in [2.45, 2.75) is 40.0 Å². The van der Waals surface area contributed by atoms with Gasteiger partial charge in [-0.3, -0.25) is 0 Å². The second-order valence-electron chi connectivity index (χ2n) is 6.41. The molecule has 0 fully saturated rings. The number of para-hydroxylation sites is 1. The molecular formula is C19H27N. The van der Waals surface area contributed by atoms with Crippen LogP contribution in [0.15, 0.2) is 42.5 Å². The standard InChI is InChI=1S/C19H25N.H2/c1-6-20-18-10-8-7-9-17(18)15-11-14(2)12-16(13-15)19(3,4)5;/h7-13,20H,6H2,1-5H3;1H. The maximum atomic E-state index is 3.45. The molecule has 0 radical (unpaired) electrons. The van der Waals surface area contributed by atoms with Crippen LogP contribution in [-0.2, 0) is 5.41 Å². The van der Waals surface area contributed by atoms with E-state index >= 15 is 0 Å². The smallest absolute Gasteiger partial charge is 0.0419 e. The SMILES string of the molecule is CCNc1ccccc1-c1cc(C)cc(C(C)(C)C)c1.[HH]. The van der Waals surface area contributed by atoms with E-state index in [1.807, 2.05) is 0 Å². The number of anilines is 1. The van der Waals surface area contributed by atoms with Gasteiger partial charge in [0.25, 0.3) is 0 Å². The van der Waals surface area contributed by atoms with Crippen molar-refractivity contribution < 1.29 is 1.43 Å². The molecule has 0 saturated carbocycles. The molecule has 2 aromatic rings. The summed E-state index contributed by atoms with van der Waals surface area (Å²) in [5.74, 6) is 0. The van der Waals surface area contributed by atoms with Crippen LogP contribution in [0.25, 0.3) is 11.1 Å². The van der Waals surface area contributed by atoms with Gasteiger partial charge >= 0.3 is 0 Å². The summed E-state index contributed by atoms with van der Waals surface area (Å²) in [5.41, 5.74) is 6.67. The first kappa shape index (κ1) is 14.6. The highest BCUT2D eigenvalue weighted by Crippen LogP contribution is 2.32. The van der Waals surface area contributed by atoms with Crippen LogP contribution in [0, 0.1) is 6.92 Å². The Morgan fingerprint density at radius 2 is 1.75 bits per heavy atom. The predicted molar refractivity (Wildman–Crippen MR) is 91.6 cm³/mol. The molecule has 0 aromatic heterocycles. The molecule has 0 unspecified atom stereocenters. The van der Waals surface area contributed by atoms with Crippen molar-refractivity contribution >= 4 is 5.69 Å². The molecule has 20 heavy (non-hydrogen) atoms. The number of hydrogen-bond acceptors (Lipinski definition) is 1. The monoisotopic (exact) mass is 269 g/mol. The van der Waals surface area contributed by atoms with Gasteiger partial charge in [0.15, 0.2) is 0 Å². The Hall–Kier alpha value is -1.76. The second kappa shape index (κ2) is 5.70. The van der Waals surface area contributed by atoms with E-state index in [1.165, 1.54) is 27.9 Å². The normalized spacial score (nSPS) is 11.4. The quantitative estimate of drug-likeness (QED) is 0.760. The van der Waals surface area contributed by atoms with Crippen LogP contribution in [0.2, 0.25) is 0 Å². The summed E-state index contributed by atoms with van der Waals surface area (Å²) in [5, 5.41) is 3.45. The predicted octanol–water partition coefficient (Wildman–Crippen LogP) is 5.64. The third kappa shape index (κ3) is 3.22. The Morgan fingerprint density at radius 3 is 2.40 bits per heavy atom. The van der Waals surface area contributed by atoms with E-state index in [0.717, 1.165) is 6.54 Å². The molecule has 0 amide bonds. The summed E-state index contributed by atoms with van der Waals surface area (Å²) in [4.78, 5) is 0. The molecule has 0 spiro atoms. The van der Waals surface area contributed by atoms with Crippen molar-refractivity contribution in [3.8, 4) is 11.1 Å². The number of benzene rings is 2. The van der Waals surface area contributed by atoms with Crippen molar-refractivity contribution in [1.82, 2.24) is 0 Å². The number of aryl methyl sites for hydroxylation is 1. The van der Waals surface area contributed by atoms with Crippen molar-refractivity contribution in [3.63, 3.8) is 0 Å². The van der Waals surface area contributed by atoms with E-state index in [-0.39, 0.29) is 6.84 Å². The van der Waals surface area contributed by atoms with Gasteiger partial charge in [0.1, 0.15) is 0 Å². The minimum Gasteiger partial charge on any atom is -0.385 e. The Bertz CT molecular complexity index is 597. The summed E-state index contributed by atoms with van der Waals surface area (Å²) in [6.45, 7) is 12.0. The van der Waals surface area contributed by atoms with Crippen molar-refractivity contribution in [3.05, 3.63) is 53.6 Å². The van der Waals surface area contributed by atoms with Gasteiger partial charge in [-0.2, -0.15) is 0 Å². The fourth-order valence-electron chi connectivity index (χ4n) is 2.45. The molecule has 108 valence electrons. The van der Waals surface area contributed by atoms with Crippen LogP contribution < -0.4 is 5.32 Å². The largest absolute Gasteiger partial charge is 0.385 e.